The first-order valence-electron chi connectivity index (χ1n) is 7.41. The molecule has 114 valence electrons. The largest absolute Gasteiger partial charge is 0.321 e. The number of carbonyl (C=O) groups excluding carboxylic acids is 2. The van der Waals surface area contributed by atoms with Crippen LogP contribution in [0, 0.1) is 6.92 Å². The van der Waals surface area contributed by atoms with Gasteiger partial charge in [-0.25, -0.2) is 0 Å². The summed E-state index contributed by atoms with van der Waals surface area (Å²) in [4.78, 5) is 26.7. The second-order valence-corrected chi connectivity index (χ2v) is 6.38. The molecular formula is C17H18N2O2S. The van der Waals surface area contributed by atoms with Crippen LogP contribution < -0.4 is 10.2 Å². The second-order valence-electron chi connectivity index (χ2n) is 5.44. The minimum Gasteiger partial charge on any atom is -0.321 e. The smallest absolute Gasteiger partial charge is 0.265 e. The van der Waals surface area contributed by atoms with Crippen LogP contribution >= 0.6 is 11.3 Å². The number of nitrogens with zero attached hydrogens (tertiary/aromatic N) is 1. The van der Waals surface area contributed by atoms with E-state index in [4.69, 9.17) is 0 Å². The zero-order valence-corrected chi connectivity index (χ0v) is 13.3. The lowest BCUT2D eigenvalue weighted by Gasteiger charge is -2.28. The fourth-order valence-corrected chi connectivity index (χ4v) is 3.26. The van der Waals surface area contributed by atoms with Crippen molar-refractivity contribution in [2.45, 2.75) is 26.2 Å². The van der Waals surface area contributed by atoms with E-state index in [0.717, 1.165) is 36.3 Å². The van der Waals surface area contributed by atoms with Crippen molar-refractivity contribution in [1.29, 1.82) is 0 Å². The van der Waals surface area contributed by atoms with Crippen molar-refractivity contribution in [1.82, 2.24) is 0 Å². The topological polar surface area (TPSA) is 49.4 Å². The molecule has 22 heavy (non-hydrogen) atoms. The molecule has 0 spiro atoms. The van der Waals surface area contributed by atoms with E-state index in [1.165, 1.54) is 11.3 Å². The lowest BCUT2D eigenvalue weighted by Crippen LogP contribution is -2.35. The van der Waals surface area contributed by atoms with Gasteiger partial charge in [-0.1, -0.05) is 12.1 Å². The summed E-state index contributed by atoms with van der Waals surface area (Å²) < 4.78 is 0. The third-order valence-electron chi connectivity index (χ3n) is 3.83. The molecule has 1 aromatic heterocycles. The van der Waals surface area contributed by atoms with Gasteiger partial charge in [-0.05, 0) is 48.9 Å². The van der Waals surface area contributed by atoms with E-state index in [2.05, 4.69) is 5.32 Å². The van der Waals surface area contributed by atoms with Crippen molar-refractivity contribution in [2.24, 2.45) is 0 Å². The van der Waals surface area contributed by atoms with Crippen LogP contribution in [-0.2, 0) is 4.79 Å². The van der Waals surface area contributed by atoms with E-state index in [0.29, 0.717) is 11.3 Å². The zero-order valence-electron chi connectivity index (χ0n) is 12.5. The molecule has 0 unspecified atom stereocenters. The van der Waals surface area contributed by atoms with Crippen LogP contribution in [0.1, 0.15) is 34.5 Å². The highest BCUT2D eigenvalue weighted by molar-refractivity contribution is 7.12. The maximum atomic E-state index is 12.1. The molecule has 4 nitrogen and oxygen atoms in total. The highest BCUT2D eigenvalue weighted by Gasteiger charge is 2.21. The third-order valence-corrected chi connectivity index (χ3v) is 4.69. The number of aryl methyl sites for hydroxylation is 1. The van der Waals surface area contributed by atoms with Crippen LogP contribution in [-0.4, -0.2) is 18.4 Å². The fourth-order valence-electron chi connectivity index (χ4n) is 2.64. The summed E-state index contributed by atoms with van der Waals surface area (Å²) in [6, 6.07) is 9.36. The number of carbonyl (C=O) groups is 2. The van der Waals surface area contributed by atoms with Crippen molar-refractivity contribution in [2.75, 3.05) is 16.8 Å². The number of hydrogen-bond acceptors (Lipinski definition) is 3. The number of benzene rings is 1. The van der Waals surface area contributed by atoms with Crippen molar-refractivity contribution in [3.63, 3.8) is 0 Å². The van der Waals surface area contributed by atoms with Crippen LogP contribution in [0.3, 0.4) is 0 Å². The number of piperidine rings is 1. The van der Waals surface area contributed by atoms with Gasteiger partial charge in [0.05, 0.1) is 4.88 Å². The average Bonchev–Trinajstić information content (AvgIpc) is 3.04. The molecule has 1 aliphatic rings. The first-order valence-corrected chi connectivity index (χ1v) is 8.29. The molecule has 1 N–H and O–H groups in total. The zero-order chi connectivity index (χ0) is 15.5. The number of anilines is 2. The standard InChI is InChI=1S/C17H18N2O2S/c1-12-7-8-13(18-17(21)15-5-4-10-22-15)11-14(12)19-9-3-2-6-16(19)20/h4-5,7-8,10-11H,2-3,6,9H2,1H3,(H,18,21). The van der Waals surface area contributed by atoms with E-state index >= 15 is 0 Å². The predicted molar refractivity (Wildman–Crippen MR) is 89.7 cm³/mol. The molecule has 1 aliphatic heterocycles. The number of thiophene rings is 1. The van der Waals surface area contributed by atoms with Crippen LogP contribution in [0.5, 0.6) is 0 Å². The molecule has 3 rings (SSSR count). The molecule has 0 radical (unpaired) electrons. The number of rotatable bonds is 3. The molecule has 0 saturated carbocycles. The number of hydrogen-bond donors (Lipinski definition) is 1. The highest BCUT2D eigenvalue weighted by atomic mass is 32.1. The number of amides is 2. The Morgan fingerprint density at radius 1 is 1.27 bits per heavy atom. The van der Waals surface area contributed by atoms with Gasteiger partial charge in [0.15, 0.2) is 0 Å². The Morgan fingerprint density at radius 2 is 2.14 bits per heavy atom. The van der Waals surface area contributed by atoms with E-state index < -0.39 is 0 Å². The Labute approximate surface area is 133 Å². The van der Waals surface area contributed by atoms with E-state index in [1.807, 2.05) is 41.5 Å². The Bertz CT molecular complexity index is 695. The number of nitrogens with one attached hydrogen (secondary N) is 1. The minimum atomic E-state index is -0.116. The Kier molecular flexibility index (Phi) is 4.24. The first kappa shape index (κ1) is 14.8. The maximum Gasteiger partial charge on any atom is 0.265 e. The molecule has 0 atom stereocenters. The SMILES string of the molecule is Cc1ccc(NC(=O)c2cccs2)cc1N1CCCCC1=O. The Hall–Kier alpha value is -2.14. The summed E-state index contributed by atoms with van der Waals surface area (Å²) in [6.07, 6.45) is 2.59. The van der Waals surface area contributed by atoms with Gasteiger partial charge in [0.2, 0.25) is 5.91 Å². The van der Waals surface area contributed by atoms with Gasteiger partial charge in [0, 0.05) is 24.3 Å². The van der Waals surface area contributed by atoms with Crippen LogP contribution in [0.2, 0.25) is 0 Å². The molecule has 1 aromatic carbocycles. The van der Waals surface area contributed by atoms with Crippen molar-refractivity contribution >= 4 is 34.5 Å². The van der Waals surface area contributed by atoms with Crippen molar-refractivity contribution in [3.8, 4) is 0 Å². The van der Waals surface area contributed by atoms with Gasteiger partial charge in [-0.15, -0.1) is 11.3 Å². The molecule has 1 fully saturated rings. The minimum absolute atomic E-state index is 0.116. The molecule has 1 saturated heterocycles. The predicted octanol–water partition coefficient (Wildman–Crippen LogP) is 3.83. The molecular weight excluding hydrogens is 296 g/mol. The van der Waals surface area contributed by atoms with Gasteiger partial charge in [0.1, 0.15) is 0 Å². The monoisotopic (exact) mass is 314 g/mol. The molecule has 0 aliphatic carbocycles. The van der Waals surface area contributed by atoms with E-state index in [-0.39, 0.29) is 11.8 Å². The fraction of sp³-hybridized carbons (Fsp3) is 0.294. The van der Waals surface area contributed by atoms with E-state index in [9.17, 15) is 9.59 Å². The van der Waals surface area contributed by atoms with Crippen LogP contribution in [0.15, 0.2) is 35.7 Å². The lowest BCUT2D eigenvalue weighted by molar-refractivity contribution is -0.119. The molecule has 0 bridgehead atoms. The summed E-state index contributed by atoms with van der Waals surface area (Å²) in [5, 5.41) is 4.78. The average molecular weight is 314 g/mol. The molecule has 2 heterocycles. The van der Waals surface area contributed by atoms with Gasteiger partial charge < -0.3 is 10.2 Å². The van der Waals surface area contributed by atoms with Crippen LogP contribution in [0.4, 0.5) is 11.4 Å². The summed E-state index contributed by atoms with van der Waals surface area (Å²) >= 11 is 1.41. The van der Waals surface area contributed by atoms with Crippen molar-refractivity contribution in [3.05, 3.63) is 46.2 Å². The summed E-state index contributed by atoms with van der Waals surface area (Å²) in [5.41, 5.74) is 2.66. The Morgan fingerprint density at radius 3 is 2.86 bits per heavy atom. The highest BCUT2D eigenvalue weighted by Crippen LogP contribution is 2.28. The third kappa shape index (κ3) is 3.04. The maximum absolute atomic E-state index is 12.1. The first-order chi connectivity index (χ1) is 10.6. The molecule has 5 heteroatoms. The van der Waals surface area contributed by atoms with Crippen LogP contribution in [0.25, 0.3) is 0 Å². The lowest BCUT2D eigenvalue weighted by atomic mass is 10.1. The van der Waals surface area contributed by atoms with Gasteiger partial charge in [0.25, 0.3) is 5.91 Å². The molecule has 2 aromatic rings. The quantitative estimate of drug-likeness (QED) is 0.936. The second kappa shape index (κ2) is 6.32. The Balaban J connectivity index is 1.83. The van der Waals surface area contributed by atoms with Gasteiger partial charge >= 0.3 is 0 Å². The van der Waals surface area contributed by atoms with E-state index in [1.54, 1.807) is 6.07 Å². The van der Waals surface area contributed by atoms with Crippen molar-refractivity contribution < 1.29 is 9.59 Å². The summed E-state index contributed by atoms with van der Waals surface area (Å²) in [7, 11) is 0. The molecule has 2 amide bonds. The summed E-state index contributed by atoms with van der Waals surface area (Å²) in [6.45, 7) is 2.74. The summed E-state index contributed by atoms with van der Waals surface area (Å²) in [5.74, 6) is 0.0471. The normalized spacial score (nSPS) is 15.0. The van der Waals surface area contributed by atoms with Gasteiger partial charge in [-0.3, -0.25) is 9.59 Å². The van der Waals surface area contributed by atoms with Gasteiger partial charge in [-0.2, -0.15) is 0 Å².